The summed E-state index contributed by atoms with van der Waals surface area (Å²) >= 11 is 0. The number of hydrogen-bond acceptors (Lipinski definition) is 3. The first-order valence-corrected chi connectivity index (χ1v) is 8.92. The molecule has 1 amide bonds. The van der Waals surface area contributed by atoms with E-state index in [0.717, 1.165) is 11.3 Å². The number of nitrogens with zero attached hydrogens (tertiary/aromatic N) is 2. The van der Waals surface area contributed by atoms with Gasteiger partial charge in [-0.3, -0.25) is 14.5 Å². The number of ketones is 1. The molecule has 26 heavy (non-hydrogen) atoms. The number of rotatable bonds is 7. The van der Waals surface area contributed by atoms with Crippen LogP contribution in [-0.4, -0.2) is 43.3 Å². The molecule has 0 saturated carbocycles. The zero-order valence-electron chi connectivity index (χ0n) is 16.3. The number of Topliss-reactive ketones (excluding diaryl/α,β-unsaturated/α-hetero) is 1. The van der Waals surface area contributed by atoms with Crippen LogP contribution in [-0.2, 0) is 11.2 Å². The van der Waals surface area contributed by atoms with Crippen LogP contribution < -0.4 is 4.90 Å². The molecule has 0 N–H and O–H groups in total. The summed E-state index contributed by atoms with van der Waals surface area (Å²) < 4.78 is 0. The van der Waals surface area contributed by atoms with Gasteiger partial charge in [-0.2, -0.15) is 0 Å². The van der Waals surface area contributed by atoms with E-state index < -0.39 is 5.54 Å². The predicted octanol–water partition coefficient (Wildman–Crippen LogP) is 3.81. The molecule has 0 aromatic heterocycles. The summed E-state index contributed by atoms with van der Waals surface area (Å²) in [5.41, 5.74) is 1.99. The molecule has 1 atom stereocenters. The molecule has 0 spiro atoms. The number of benzene rings is 2. The van der Waals surface area contributed by atoms with Gasteiger partial charge in [0, 0.05) is 25.2 Å². The van der Waals surface area contributed by atoms with Crippen molar-refractivity contribution in [1.82, 2.24) is 4.90 Å². The van der Waals surface area contributed by atoms with Gasteiger partial charge < -0.3 is 4.90 Å². The topological polar surface area (TPSA) is 40.6 Å². The molecule has 0 aliphatic heterocycles. The van der Waals surface area contributed by atoms with Crippen LogP contribution in [0.5, 0.6) is 0 Å². The van der Waals surface area contributed by atoms with Crippen molar-refractivity contribution >= 4 is 17.4 Å². The van der Waals surface area contributed by atoms with Crippen LogP contribution in [0.2, 0.25) is 0 Å². The Morgan fingerprint density at radius 3 is 1.96 bits per heavy atom. The van der Waals surface area contributed by atoms with Crippen LogP contribution >= 0.6 is 0 Å². The molecule has 2 rings (SSSR count). The molecule has 0 fully saturated rings. The van der Waals surface area contributed by atoms with Crippen molar-refractivity contribution in [2.24, 2.45) is 0 Å². The summed E-state index contributed by atoms with van der Waals surface area (Å²) in [6.45, 7) is 3.58. The smallest absolute Gasteiger partial charge is 0.223 e. The van der Waals surface area contributed by atoms with E-state index in [4.69, 9.17) is 0 Å². The van der Waals surface area contributed by atoms with Gasteiger partial charge in [0.15, 0.2) is 5.78 Å². The Labute approximate surface area is 156 Å². The van der Waals surface area contributed by atoms with Crippen LogP contribution in [0.3, 0.4) is 0 Å². The van der Waals surface area contributed by atoms with Gasteiger partial charge in [0.2, 0.25) is 5.91 Å². The second-order valence-corrected chi connectivity index (χ2v) is 6.90. The summed E-state index contributed by atoms with van der Waals surface area (Å²) in [6, 6.07) is 17.4. The fraction of sp³-hybridized carbons (Fsp3) is 0.364. The van der Waals surface area contributed by atoms with Gasteiger partial charge in [0.05, 0.1) is 5.54 Å². The predicted molar refractivity (Wildman–Crippen MR) is 107 cm³/mol. The van der Waals surface area contributed by atoms with Crippen molar-refractivity contribution in [1.29, 1.82) is 0 Å². The minimum atomic E-state index is -0.602. The van der Waals surface area contributed by atoms with Gasteiger partial charge in [-0.05, 0) is 56.8 Å². The molecule has 0 aliphatic carbocycles. The third-order valence-electron chi connectivity index (χ3n) is 5.19. The maximum absolute atomic E-state index is 13.4. The first-order valence-electron chi connectivity index (χ1n) is 8.92. The van der Waals surface area contributed by atoms with E-state index in [1.165, 1.54) is 6.92 Å². The molecule has 4 nitrogen and oxygen atoms in total. The average molecular weight is 352 g/mol. The van der Waals surface area contributed by atoms with Crippen molar-refractivity contribution in [3.63, 3.8) is 0 Å². The molecule has 0 saturated heterocycles. The first kappa shape index (κ1) is 19.9. The Balaban J connectivity index is 2.36. The van der Waals surface area contributed by atoms with Crippen LogP contribution in [0, 0.1) is 0 Å². The number of carbonyl (C=O) groups excluding carboxylic acids is 2. The molecule has 0 heterocycles. The first-order chi connectivity index (χ1) is 12.3. The van der Waals surface area contributed by atoms with Gasteiger partial charge in [-0.1, -0.05) is 37.3 Å². The lowest BCUT2D eigenvalue weighted by Gasteiger charge is -2.38. The van der Waals surface area contributed by atoms with Gasteiger partial charge in [0.25, 0.3) is 0 Å². The third kappa shape index (κ3) is 4.02. The SMILES string of the molecule is CCC(Cc1ccccc1)(C(=O)c1ccc(N(C)C(C)=O)cc1)N(C)C. The molecule has 0 aliphatic rings. The average Bonchev–Trinajstić information content (AvgIpc) is 2.65. The Morgan fingerprint density at radius 1 is 0.923 bits per heavy atom. The molecule has 4 heteroatoms. The fourth-order valence-corrected chi connectivity index (χ4v) is 3.26. The zero-order valence-corrected chi connectivity index (χ0v) is 16.3. The lowest BCUT2D eigenvalue weighted by atomic mass is 9.80. The second kappa shape index (κ2) is 8.28. The van der Waals surface area contributed by atoms with Crippen LogP contribution in [0.25, 0.3) is 0 Å². The fourth-order valence-electron chi connectivity index (χ4n) is 3.26. The quantitative estimate of drug-likeness (QED) is 0.712. The van der Waals surface area contributed by atoms with Gasteiger partial charge in [-0.25, -0.2) is 0 Å². The highest BCUT2D eigenvalue weighted by Crippen LogP contribution is 2.28. The van der Waals surface area contributed by atoms with Crippen molar-refractivity contribution in [3.8, 4) is 0 Å². The van der Waals surface area contributed by atoms with E-state index in [0.29, 0.717) is 18.4 Å². The van der Waals surface area contributed by atoms with Crippen molar-refractivity contribution in [3.05, 3.63) is 65.7 Å². The Kier molecular flexibility index (Phi) is 6.32. The minimum absolute atomic E-state index is 0.0376. The summed E-state index contributed by atoms with van der Waals surface area (Å²) in [4.78, 5) is 28.5. The number of hydrogen-bond donors (Lipinski definition) is 0. The molecule has 2 aromatic carbocycles. The number of likely N-dealkylation sites (N-methyl/N-ethyl adjacent to an activating group) is 1. The van der Waals surface area contributed by atoms with Gasteiger partial charge >= 0.3 is 0 Å². The lowest BCUT2D eigenvalue weighted by molar-refractivity contribution is -0.116. The normalized spacial score (nSPS) is 13.3. The molecule has 2 aromatic rings. The largest absolute Gasteiger partial charge is 0.316 e. The summed E-state index contributed by atoms with van der Waals surface area (Å²) in [7, 11) is 5.65. The molecule has 138 valence electrons. The van der Waals surface area contributed by atoms with Crippen molar-refractivity contribution in [2.45, 2.75) is 32.2 Å². The van der Waals surface area contributed by atoms with Crippen LogP contribution in [0.4, 0.5) is 5.69 Å². The van der Waals surface area contributed by atoms with E-state index in [-0.39, 0.29) is 11.7 Å². The highest BCUT2D eigenvalue weighted by Gasteiger charge is 2.39. The Hall–Kier alpha value is -2.46. The second-order valence-electron chi connectivity index (χ2n) is 6.90. The maximum atomic E-state index is 13.4. The third-order valence-corrected chi connectivity index (χ3v) is 5.19. The molecular weight excluding hydrogens is 324 g/mol. The monoisotopic (exact) mass is 352 g/mol. The summed E-state index contributed by atoms with van der Waals surface area (Å²) in [6.07, 6.45) is 1.37. The van der Waals surface area contributed by atoms with Gasteiger partial charge in [-0.15, -0.1) is 0 Å². The number of amides is 1. The van der Waals surface area contributed by atoms with Gasteiger partial charge in [0.1, 0.15) is 0 Å². The highest BCUT2D eigenvalue weighted by atomic mass is 16.2. The minimum Gasteiger partial charge on any atom is -0.316 e. The number of carbonyl (C=O) groups is 2. The van der Waals surface area contributed by atoms with E-state index in [1.54, 1.807) is 11.9 Å². The summed E-state index contributed by atoms with van der Waals surface area (Å²) in [5.74, 6) is 0.0650. The zero-order chi connectivity index (χ0) is 19.3. The molecule has 1 unspecified atom stereocenters. The molecule has 0 radical (unpaired) electrons. The number of anilines is 1. The van der Waals surface area contributed by atoms with Crippen molar-refractivity contribution < 1.29 is 9.59 Å². The highest BCUT2D eigenvalue weighted by molar-refractivity contribution is 6.04. The molecule has 0 bridgehead atoms. The van der Waals surface area contributed by atoms with E-state index in [9.17, 15) is 9.59 Å². The van der Waals surface area contributed by atoms with E-state index in [1.807, 2.05) is 61.5 Å². The van der Waals surface area contributed by atoms with E-state index >= 15 is 0 Å². The van der Waals surface area contributed by atoms with Crippen LogP contribution in [0.15, 0.2) is 54.6 Å². The standard InChI is InChI=1S/C22H28N2O2/c1-6-22(23(3)4,16-18-10-8-7-9-11-18)21(26)19-12-14-20(15-13-19)24(5)17(2)25/h7-15H,6,16H2,1-5H3. The Morgan fingerprint density at radius 2 is 1.50 bits per heavy atom. The lowest BCUT2D eigenvalue weighted by Crippen LogP contribution is -2.52. The van der Waals surface area contributed by atoms with Crippen molar-refractivity contribution in [2.75, 3.05) is 26.0 Å². The van der Waals surface area contributed by atoms with Crippen LogP contribution in [0.1, 0.15) is 36.2 Å². The van der Waals surface area contributed by atoms with E-state index in [2.05, 4.69) is 19.1 Å². The maximum Gasteiger partial charge on any atom is 0.223 e. The Bertz CT molecular complexity index is 753. The molecular formula is C22H28N2O2. The summed E-state index contributed by atoms with van der Waals surface area (Å²) in [5, 5.41) is 0.